The molecule has 1 saturated heterocycles. The maximum absolute atomic E-state index is 13.6. The van der Waals surface area contributed by atoms with Crippen molar-refractivity contribution < 1.29 is 19.4 Å². The van der Waals surface area contributed by atoms with E-state index in [9.17, 15) is 14.7 Å². The van der Waals surface area contributed by atoms with Gasteiger partial charge in [0.2, 0.25) is 0 Å². The molecule has 0 bridgehead atoms. The lowest BCUT2D eigenvalue weighted by Gasteiger charge is -2.25. The van der Waals surface area contributed by atoms with Crippen LogP contribution in [0.2, 0.25) is 5.02 Å². The van der Waals surface area contributed by atoms with E-state index in [2.05, 4.69) is 4.98 Å². The monoisotopic (exact) mass is 514 g/mol. The predicted molar refractivity (Wildman–Crippen MR) is 146 cm³/mol. The summed E-state index contributed by atoms with van der Waals surface area (Å²) in [5.74, 6) is -0.918. The van der Waals surface area contributed by atoms with Gasteiger partial charge in [-0.2, -0.15) is 0 Å². The zero-order valence-corrected chi connectivity index (χ0v) is 21.8. The first-order chi connectivity index (χ1) is 17.7. The number of amides is 1. The summed E-state index contributed by atoms with van der Waals surface area (Å²) in [5.41, 5.74) is 4.23. The Kier molecular flexibility index (Phi) is 6.30. The molecule has 1 aliphatic rings. The van der Waals surface area contributed by atoms with Crippen molar-refractivity contribution >= 4 is 45.6 Å². The number of nitrogens with zero attached hydrogens (tertiary/aromatic N) is 1. The smallest absolute Gasteiger partial charge is 0.300 e. The molecule has 5 rings (SSSR count). The first-order valence-corrected chi connectivity index (χ1v) is 12.4. The molecule has 2 heterocycles. The van der Waals surface area contributed by atoms with Crippen molar-refractivity contribution in [1.82, 2.24) is 4.98 Å². The average molecular weight is 515 g/mol. The summed E-state index contributed by atoms with van der Waals surface area (Å²) in [4.78, 5) is 31.7. The van der Waals surface area contributed by atoms with Gasteiger partial charge in [-0.15, -0.1) is 0 Å². The molecule has 1 aliphatic heterocycles. The van der Waals surface area contributed by atoms with Gasteiger partial charge in [0, 0.05) is 38.9 Å². The Hall–Kier alpha value is -4.03. The number of H-pyrrole nitrogens is 1. The lowest BCUT2D eigenvalue weighted by Crippen LogP contribution is -2.29. The summed E-state index contributed by atoms with van der Waals surface area (Å²) in [7, 11) is 1.59. The number of carbonyl (C=O) groups is 2. The molecule has 0 spiro atoms. The average Bonchev–Trinajstić information content (AvgIpc) is 3.43. The van der Waals surface area contributed by atoms with E-state index in [0.29, 0.717) is 27.6 Å². The van der Waals surface area contributed by atoms with E-state index in [1.807, 2.05) is 51.1 Å². The van der Waals surface area contributed by atoms with Crippen LogP contribution in [0.1, 0.15) is 48.1 Å². The van der Waals surface area contributed by atoms with Crippen molar-refractivity contribution in [2.45, 2.75) is 32.7 Å². The molecule has 4 aromatic rings. The number of aliphatic hydroxyl groups is 1. The number of hydrogen-bond donors (Lipinski definition) is 2. The Bertz CT molecular complexity index is 1580. The Morgan fingerprint density at radius 2 is 1.84 bits per heavy atom. The number of aromatic amines is 1. The summed E-state index contributed by atoms with van der Waals surface area (Å²) in [6.45, 7) is 5.91. The van der Waals surface area contributed by atoms with Crippen LogP contribution in [0.15, 0.2) is 72.4 Å². The molecule has 1 fully saturated rings. The Morgan fingerprint density at radius 3 is 2.54 bits per heavy atom. The zero-order valence-electron chi connectivity index (χ0n) is 21.0. The molecule has 1 aromatic heterocycles. The van der Waals surface area contributed by atoms with Gasteiger partial charge in [0.25, 0.3) is 11.7 Å². The van der Waals surface area contributed by atoms with Crippen molar-refractivity contribution in [2.24, 2.45) is 0 Å². The van der Waals surface area contributed by atoms with E-state index in [1.54, 1.807) is 43.6 Å². The second-order valence-electron chi connectivity index (χ2n) is 9.50. The number of anilines is 1. The molecule has 188 valence electrons. The number of aromatic nitrogens is 1. The molecule has 0 aliphatic carbocycles. The number of benzene rings is 3. The number of aryl methyl sites for hydroxylation is 1. The third-order valence-corrected chi connectivity index (χ3v) is 7.33. The molecular formula is C30H27ClN2O4. The third-order valence-electron chi connectivity index (χ3n) is 6.92. The standard InChI is InChI=1S/C30H27ClN2O4/c1-16(2)21-13-18(10-12-25(21)37-4)28(34)26-27(22-15-32-24-8-6-5-7-20(22)24)33(30(36)29(26)35)19-11-9-17(3)23(31)14-19/h5-16,27,32,34H,1-4H3/b28-26+. The van der Waals surface area contributed by atoms with Crippen LogP contribution in [0.5, 0.6) is 5.75 Å². The Morgan fingerprint density at radius 1 is 1.08 bits per heavy atom. The van der Waals surface area contributed by atoms with Crippen molar-refractivity contribution in [3.05, 3.63) is 99.7 Å². The van der Waals surface area contributed by atoms with Crippen LogP contribution in [0.25, 0.3) is 16.7 Å². The molecule has 3 aromatic carbocycles. The number of para-hydroxylation sites is 1. The molecule has 7 heteroatoms. The Balaban J connectivity index is 1.77. The molecule has 0 radical (unpaired) electrons. The highest BCUT2D eigenvalue weighted by Crippen LogP contribution is 2.45. The van der Waals surface area contributed by atoms with Crippen LogP contribution in [-0.2, 0) is 9.59 Å². The van der Waals surface area contributed by atoms with Crippen molar-refractivity contribution in [2.75, 3.05) is 12.0 Å². The summed E-state index contributed by atoms with van der Waals surface area (Å²) in [6.07, 6.45) is 1.78. The SMILES string of the molecule is COc1ccc(/C(O)=C2\C(=O)C(=O)N(c3ccc(C)c(Cl)c3)C2c2c[nH]c3ccccc23)cc1C(C)C. The second-order valence-corrected chi connectivity index (χ2v) is 9.91. The summed E-state index contributed by atoms with van der Waals surface area (Å²) >= 11 is 6.41. The number of ether oxygens (including phenoxy) is 1. The number of fused-ring (bicyclic) bond motifs is 1. The van der Waals surface area contributed by atoms with E-state index >= 15 is 0 Å². The largest absolute Gasteiger partial charge is 0.507 e. The van der Waals surface area contributed by atoms with Gasteiger partial charge in [0.1, 0.15) is 11.5 Å². The number of Topliss-reactive ketones (excluding diaryl/α,β-unsaturated/α-hetero) is 1. The lowest BCUT2D eigenvalue weighted by atomic mass is 9.93. The van der Waals surface area contributed by atoms with Crippen molar-refractivity contribution in [3.63, 3.8) is 0 Å². The highest BCUT2D eigenvalue weighted by atomic mass is 35.5. The van der Waals surface area contributed by atoms with Gasteiger partial charge in [-0.3, -0.25) is 14.5 Å². The first kappa shape index (κ1) is 24.7. The highest BCUT2D eigenvalue weighted by Gasteiger charge is 2.47. The fourth-order valence-corrected chi connectivity index (χ4v) is 5.11. The third kappa shape index (κ3) is 4.07. The van der Waals surface area contributed by atoms with E-state index in [-0.39, 0.29) is 17.3 Å². The minimum absolute atomic E-state index is 0.0197. The van der Waals surface area contributed by atoms with Crippen LogP contribution < -0.4 is 9.64 Å². The molecule has 37 heavy (non-hydrogen) atoms. The number of methoxy groups -OCH3 is 1. The topological polar surface area (TPSA) is 82.6 Å². The molecule has 1 atom stereocenters. The number of ketones is 1. The van der Waals surface area contributed by atoms with Gasteiger partial charge in [-0.1, -0.05) is 49.7 Å². The normalized spacial score (nSPS) is 17.2. The van der Waals surface area contributed by atoms with Gasteiger partial charge >= 0.3 is 0 Å². The van der Waals surface area contributed by atoms with Crippen LogP contribution in [0.4, 0.5) is 5.69 Å². The summed E-state index contributed by atoms with van der Waals surface area (Å²) in [6, 6.07) is 17.3. The Labute approximate surface area is 220 Å². The van der Waals surface area contributed by atoms with E-state index in [4.69, 9.17) is 16.3 Å². The van der Waals surface area contributed by atoms with Gasteiger partial charge in [-0.25, -0.2) is 0 Å². The van der Waals surface area contributed by atoms with E-state index in [0.717, 1.165) is 22.0 Å². The molecule has 0 saturated carbocycles. The maximum Gasteiger partial charge on any atom is 0.300 e. The number of rotatable bonds is 5. The van der Waals surface area contributed by atoms with Gasteiger partial charge < -0.3 is 14.8 Å². The molecule has 1 unspecified atom stereocenters. The number of carbonyl (C=O) groups excluding carboxylic acids is 2. The summed E-state index contributed by atoms with van der Waals surface area (Å²) in [5, 5.41) is 12.9. The van der Waals surface area contributed by atoms with Crippen molar-refractivity contribution in [3.8, 4) is 5.75 Å². The number of nitrogens with one attached hydrogen (secondary N) is 1. The van der Waals surface area contributed by atoms with E-state index in [1.165, 1.54) is 4.90 Å². The first-order valence-electron chi connectivity index (χ1n) is 12.0. The fraction of sp³-hybridized carbons (Fsp3) is 0.200. The number of hydrogen-bond acceptors (Lipinski definition) is 4. The molecule has 1 amide bonds. The molecule has 2 N–H and O–H groups in total. The van der Waals surface area contributed by atoms with Crippen molar-refractivity contribution in [1.29, 1.82) is 0 Å². The molecule has 6 nitrogen and oxygen atoms in total. The number of aliphatic hydroxyl groups excluding tert-OH is 1. The lowest BCUT2D eigenvalue weighted by molar-refractivity contribution is -0.132. The number of halogens is 1. The van der Waals surface area contributed by atoms with Crippen LogP contribution in [-0.4, -0.2) is 28.9 Å². The van der Waals surface area contributed by atoms with Gasteiger partial charge in [-0.05, 0) is 60.4 Å². The zero-order chi connectivity index (χ0) is 26.4. The van der Waals surface area contributed by atoms with Crippen LogP contribution >= 0.6 is 11.6 Å². The maximum atomic E-state index is 13.6. The predicted octanol–water partition coefficient (Wildman–Crippen LogP) is 6.89. The van der Waals surface area contributed by atoms with Crippen LogP contribution in [0.3, 0.4) is 0 Å². The van der Waals surface area contributed by atoms with Gasteiger partial charge in [0.05, 0.1) is 18.7 Å². The van der Waals surface area contributed by atoms with Gasteiger partial charge in [0.15, 0.2) is 0 Å². The molecular weight excluding hydrogens is 488 g/mol. The quantitative estimate of drug-likeness (QED) is 0.172. The highest BCUT2D eigenvalue weighted by molar-refractivity contribution is 6.52. The van der Waals surface area contributed by atoms with Crippen LogP contribution in [0, 0.1) is 6.92 Å². The minimum atomic E-state index is -0.862. The minimum Gasteiger partial charge on any atom is -0.507 e. The summed E-state index contributed by atoms with van der Waals surface area (Å²) < 4.78 is 5.49. The second kappa shape index (κ2) is 9.45. The van der Waals surface area contributed by atoms with E-state index < -0.39 is 17.7 Å². The fourth-order valence-electron chi connectivity index (χ4n) is 4.93.